The van der Waals surface area contributed by atoms with Crippen molar-refractivity contribution in [2.75, 3.05) is 6.26 Å². The molecular weight excluding hydrogens is 395 g/mol. The average molecular weight is 416 g/mol. The van der Waals surface area contributed by atoms with Crippen molar-refractivity contribution in [1.82, 2.24) is 20.2 Å². The fourth-order valence-electron chi connectivity index (χ4n) is 2.80. The molecule has 0 aliphatic rings. The van der Waals surface area contributed by atoms with Gasteiger partial charge >= 0.3 is 5.97 Å². The highest BCUT2D eigenvalue weighted by Crippen LogP contribution is 2.23. The van der Waals surface area contributed by atoms with Crippen molar-refractivity contribution in [3.8, 4) is 11.5 Å². The van der Waals surface area contributed by atoms with Gasteiger partial charge < -0.3 is 9.15 Å². The molecule has 0 amide bonds. The number of nitrogens with zero attached hydrogens (tertiary/aromatic N) is 4. The highest BCUT2D eigenvalue weighted by molar-refractivity contribution is 7.98. The van der Waals surface area contributed by atoms with E-state index in [1.54, 1.807) is 19.1 Å². The third-order valence-corrected chi connectivity index (χ3v) is 4.90. The molecular formula is C20H21FN4O3S. The van der Waals surface area contributed by atoms with Gasteiger partial charge in [-0.25, -0.2) is 14.4 Å². The van der Waals surface area contributed by atoms with Crippen molar-refractivity contribution < 1.29 is 18.3 Å². The summed E-state index contributed by atoms with van der Waals surface area (Å²) in [6.45, 7) is 5.48. The molecule has 3 aromatic rings. The first-order valence-electron chi connectivity index (χ1n) is 9.04. The van der Waals surface area contributed by atoms with Crippen molar-refractivity contribution in [3.05, 3.63) is 52.9 Å². The molecule has 0 radical (unpaired) electrons. The van der Waals surface area contributed by atoms with Crippen LogP contribution >= 0.6 is 11.8 Å². The van der Waals surface area contributed by atoms with Crippen LogP contribution in [0.1, 0.15) is 42.3 Å². The van der Waals surface area contributed by atoms with Gasteiger partial charge in [0.05, 0.1) is 0 Å². The highest BCUT2D eigenvalue weighted by Gasteiger charge is 2.20. The fourth-order valence-corrected chi connectivity index (χ4v) is 3.26. The Labute approximate surface area is 172 Å². The number of benzene rings is 1. The monoisotopic (exact) mass is 416 g/mol. The molecule has 0 aliphatic carbocycles. The lowest BCUT2D eigenvalue weighted by Gasteiger charge is -2.11. The van der Waals surface area contributed by atoms with Gasteiger partial charge in [0, 0.05) is 23.4 Å². The summed E-state index contributed by atoms with van der Waals surface area (Å²) in [7, 11) is 0. The summed E-state index contributed by atoms with van der Waals surface area (Å²) < 4.78 is 24.0. The SMILES string of the molecule is CSc1nc(C)c(CCC(=O)O[C@H](C)c2nnc(-c3ccc(F)cc3)o2)c(C)n1. The van der Waals surface area contributed by atoms with Crippen LogP contribution in [0.25, 0.3) is 11.5 Å². The third-order valence-electron chi connectivity index (χ3n) is 4.35. The van der Waals surface area contributed by atoms with E-state index in [-0.39, 0.29) is 30.0 Å². The van der Waals surface area contributed by atoms with Gasteiger partial charge in [-0.1, -0.05) is 11.8 Å². The second kappa shape index (κ2) is 9.13. The molecule has 0 saturated heterocycles. The van der Waals surface area contributed by atoms with Crippen LogP contribution in [0.15, 0.2) is 33.8 Å². The first-order valence-corrected chi connectivity index (χ1v) is 10.3. The molecule has 0 N–H and O–H groups in total. The Balaban J connectivity index is 1.59. The Morgan fingerprint density at radius 3 is 2.45 bits per heavy atom. The third kappa shape index (κ3) is 5.17. The minimum Gasteiger partial charge on any atom is -0.453 e. The predicted octanol–water partition coefficient (Wildman–Crippen LogP) is 4.24. The molecule has 0 unspecified atom stereocenters. The Hall–Kier alpha value is -2.81. The molecule has 0 aliphatic heterocycles. The van der Waals surface area contributed by atoms with E-state index in [1.807, 2.05) is 20.1 Å². The summed E-state index contributed by atoms with van der Waals surface area (Å²) in [4.78, 5) is 21.1. The molecule has 7 nitrogen and oxygen atoms in total. The van der Waals surface area contributed by atoms with E-state index in [2.05, 4.69) is 20.2 Å². The Kier molecular flexibility index (Phi) is 6.58. The molecule has 152 valence electrons. The van der Waals surface area contributed by atoms with Crippen LogP contribution in [0.5, 0.6) is 0 Å². The summed E-state index contributed by atoms with van der Waals surface area (Å²) in [5.74, 6) is -0.320. The molecule has 0 spiro atoms. The molecule has 29 heavy (non-hydrogen) atoms. The maximum absolute atomic E-state index is 13.0. The summed E-state index contributed by atoms with van der Waals surface area (Å²) in [5, 5.41) is 8.57. The molecule has 1 atom stereocenters. The van der Waals surface area contributed by atoms with E-state index in [0.717, 1.165) is 17.0 Å². The lowest BCUT2D eigenvalue weighted by atomic mass is 10.1. The number of rotatable bonds is 7. The predicted molar refractivity (Wildman–Crippen MR) is 106 cm³/mol. The number of carbonyl (C=O) groups is 1. The van der Waals surface area contributed by atoms with Crippen LogP contribution < -0.4 is 0 Å². The Bertz CT molecular complexity index is 984. The van der Waals surface area contributed by atoms with E-state index in [4.69, 9.17) is 9.15 Å². The first kappa shape index (κ1) is 20.9. The lowest BCUT2D eigenvalue weighted by molar-refractivity contribution is -0.149. The summed E-state index contributed by atoms with van der Waals surface area (Å²) in [5.41, 5.74) is 3.26. The van der Waals surface area contributed by atoms with Crippen LogP contribution in [-0.2, 0) is 16.0 Å². The normalized spacial score (nSPS) is 12.0. The van der Waals surface area contributed by atoms with Crippen LogP contribution in [0.3, 0.4) is 0 Å². The van der Waals surface area contributed by atoms with Gasteiger partial charge in [0.25, 0.3) is 5.89 Å². The van der Waals surface area contributed by atoms with Gasteiger partial charge in [0.1, 0.15) is 5.82 Å². The minimum absolute atomic E-state index is 0.178. The molecule has 3 rings (SSSR count). The van der Waals surface area contributed by atoms with Gasteiger partial charge in [-0.15, -0.1) is 10.2 Å². The molecule has 0 bridgehead atoms. The van der Waals surface area contributed by atoms with Crippen molar-refractivity contribution in [2.24, 2.45) is 0 Å². The quantitative estimate of drug-likeness (QED) is 0.321. The molecule has 9 heteroatoms. The molecule has 0 fully saturated rings. The van der Waals surface area contributed by atoms with E-state index < -0.39 is 6.10 Å². The zero-order chi connectivity index (χ0) is 21.0. The Morgan fingerprint density at radius 2 is 1.83 bits per heavy atom. The number of aryl methyl sites for hydroxylation is 2. The average Bonchev–Trinajstić information content (AvgIpc) is 3.18. The standard InChI is InChI=1S/C20H21FN4O3S/c1-11-16(12(2)23-20(22-11)29-4)9-10-17(26)27-13(3)18-24-25-19(28-18)14-5-7-15(21)8-6-14/h5-8,13H,9-10H2,1-4H3/t13-/m1/s1. The van der Waals surface area contributed by atoms with Gasteiger partial charge in [0.15, 0.2) is 11.3 Å². The number of aromatic nitrogens is 4. The van der Waals surface area contributed by atoms with Crippen LogP contribution in [0.2, 0.25) is 0 Å². The highest BCUT2D eigenvalue weighted by atomic mass is 32.2. The largest absolute Gasteiger partial charge is 0.453 e. The Morgan fingerprint density at radius 1 is 1.17 bits per heavy atom. The topological polar surface area (TPSA) is 91.0 Å². The minimum atomic E-state index is -0.693. The van der Waals surface area contributed by atoms with Gasteiger partial charge in [0.2, 0.25) is 5.89 Å². The molecule has 2 heterocycles. The van der Waals surface area contributed by atoms with Crippen molar-refractivity contribution in [1.29, 1.82) is 0 Å². The molecule has 2 aromatic heterocycles. The lowest BCUT2D eigenvalue weighted by Crippen LogP contribution is -2.11. The number of hydrogen-bond donors (Lipinski definition) is 0. The number of carbonyl (C=O) groups excluding carboxylic acids is 1. The number of esters is 1. The van der Waals surface area contributed by atoms with E-state index >= 15 is 0 Å². The number of ether oxygens (including phenoxy) is 1. The summed E-state index contributed by atoms with van der Waals surface area (Å²) in [6.07, 6.45) is 1.91. The number of hydrogen-bond acceptors (Lipinski definition) is 8. The maximum atomic E-state index is 13.0. The number of thioether (sulfide) groups is 1. The van der Waals surface area contributed by atoms with Crippen molar-refractivity contribution in [2.45, 2.75) is 44.9 Å². The zero-order valence-electron chi connectivity index (χ0n) is 16.6. The molecule has 1 aromatic carbocycles. The second-order valence-corrected chi connectivity index (χ2v) is 7.22. The maximum Gasteiger partial charge on any atom is 0.306 e. The van der Waals surface area contributed by atoms with E-state index in [1.165, 1.54) is 23.9 Å². The van der Waals surface area contributed by atoms with E-state index in [9.17, 15) is 9.18 Å². The van der Waals surface area contributed by atoms with E-state index in [0.29, 0.717) is 17.1 Å². The van der Waals surface area contributed by atoms with Crippen molar-refractivity contribution in [3.63, 3.8) is 0 Å². The first-order chi connectivity index (χ1) is 13.9. The van der Waals surface area contributed by atoms with Gasteiger partial charge in [-0.05, 0) is 63.3 Å². The van der Waals surface area contributed by atoms with Crippen LogP contribution in [-0.4, -0.2) is 32.4 Å². The van der Waals surface area contributed by atoms with Gasteiger partial charge in [-0.3, -0.25) is 4.79 Å². The smallest absolute Gasteiger partial charge is 0.306 e. The summed E-state index contributed by atoms with van der Waals surface area (Å²) >= 11 is 1.48. The van der Waals surface area contributed by atoms with Crippen LogP contribution in [0, 0.1) is 19.7 Å². The van der Waals surface area contributed by atoms with Crippen LogP contribution in [0.4, 0.5) is 4.39 Å². The molecule has 0 saturated carbocycles. The fraction of sp³-hybridized carbons (Fsp3) is 0.350. The van der Waals surface area contributed by atoms with Crippen molar-refractivity contribution >= 4 is 17.7 Å². The number of halogens is 1. The summed E-state index contributed by atoms with van der Waals surface area (Å²) in [6, 6.07) is 5.70. The zero-order valence-corrected chi connectivity index (χ0v) is 17.4. The van der Waals surface area contributed by atoms with Gasteiger partial charge in [-0.2, -0.15) is 0 Å². The second-order valence-electron chi connectivity index (χ2n) is 6.44.